The molecule has 0 atom stereocenters. The van der Waals surface area contributed by atoms with Gasteiger partial charge in [-0.05, 0) is 0 Å². The lowest BCUT2D eigenvalue weighted by Gasteiger charge is -2.01. The summed E-state index contributed by atoms with van der Waals surface area (Å²) in [7, 11) is 2.98. The Labute approximate surface area is 84.4 Å². The molecule has 0 aliphatic carbocycles. The van der Waals surface area contributed by atoms with E-state index in [-0.39, 0.29) is 11.6 Å². The van der Waals surface area contributed by atoms with E-state index in [1.54, 1.807) is 7.05 Å². The SMILES string of the molecule is COc1ncc2cnn(C)c2c1[N+](=O)[O-]. The van der Waals surface area contributed by atoms with E-state index in [4.69, 9.17) is 4.74 Å². The van der Waals surface area contributed by atoms with Gasteiger partial charge in [0.25, 0.3) is 5.88 Å². The molecule has 2 aromatic rings. The number of fused-ring (bicyclic) bond motifs is 1. The van der Waals surface area contributed by atoms with Crippen molar-refractivity contribution in [3.8, 4) is 5.88 Å². The Balaban J connectivity index is 2.89. The number of methoxy groups -OCH3 is 1. The summed E-state index contributed by atoms with van der Waals surface area (Å²) in [5, 5.41) is 15.4. The lowest BCUT2D eigenvalue weighted by Crippen LogP contribution is -2.00. The predicted octanol–water partition coefficient (Wildman–Crippen LogP) is 0.885. The molecule has 2 aromatic heterocycles. The van der Waals surface area contributed by atoms with Crippen molar-refractivity contribution in [3.63, 3.8) is 0 Å². The number of rotatable bonds is 2. The Morgan fingerprint density at radius 1 is 1.53 bits per heavy atom. The number of nitrogens with zero attached hydrogens (tertiary/aromatic N) is 4. The van der Waals surface area contributed by atoms with Gasteiger partial charge in [0.2, 0.25) is 0 Å². The van der Waals surface area contributed by atoms with E-state index < -0.39 is 4.92 Å². The molecule has 0 spiro atoms. The van der Waals surface area contributed by atoms with Crippen molar-refractivity contribution in [2.45, 2.75) is 0 Å². The summed E-state index contributed by atoms with van der Waals surface area (Å²) in [6.07, 6.45) is 3.02. The molecule has 0 saturated carbocycles. The van der Waals surface area contributed by atoms with Gasteiger partial charge in [-0.2, -0.15) is 5.10 Å². The van der Waals surface area contributed by atoms with Crippen LogP contribution in [0.15, 0.2) is 12.4 Å². The van der Waals surface area contributed by atoms with Gasteiger partial charge < -0.3 is 4.74 Å². The fourth-order valence-corrected chi connectivity index (χ4v) is 1.44. The van der Waals surface area contributed by atoms with Crippen LogP contribution in [0.25, 0.3) is 10.9 Å². The molecule has 0 N–H and O–H groups in total. The summed E-state index contributed by atoms with van der Waals surface area (Å²) in [5.41, 5.74) is 0.252. The molecule has 2 heterocycles. The van der Waals surface area contributed by atoms with Crippen molar-refractivity contribution in [1.82, 2.24) is 14.8 Å². The molecule has 78 valence electrons. The van der Waals surface area contributed by atoms with Crippen molar-refractivity contribution in [3.05, 3.63) is 22.5 Å². The molecule has 0 saturated heterocycles. The summed E-state index contributed by atoms with van der Waals surface area (Å²) in [6.45, 7) is 0. The molecule has 15 heavy (non-hydrogen) atoms. The molecule has 7 nitrogen and oxygen atoms in total. The molecule has 0 aliphatic heterocycles. The molecule has 7 heteroatoms. The number of hydrogen-bond donors (Lipinski definition) is 0. The lowest BCUT2D eigenvalue weighted by atomic mass is 10.3. The average molecular weight is 208 g/mol. The van der Waals surface area contributed by atoms with Gasteiger partial charge in [0, 0.05) is 18.6 Å². The first-order valence-electron chi connectivity index (χ1n) is 4.14. The zero-order chi connectivity index (χ0) is 11.0. The Hall–Kier alpha value is -2.18. The standard InChI is InChI=1S/C8H8N4O3/c1-11-6-5(4-10-11)3-9-8(15-2)7(6)12(13)14/h3-4H,1-2H3. The molecule has 0 radical (unpaired) electrons. The first-order valence-corrected chi connectivity index (χ1v) is 4.14. The van der Waals surface area contributed by atoms with Gasteiger partial charge in [-0.15, -0.1) is 0 Å². The smallest absolute Gasteiger partial charge is 0.356 e. The molecule has 0 amide bonds. The lowest BCUT2D eigenvalue weighted by molar-refractivity contribution is -0.384. The number of aromatic nitrogens is 3. The van der Waals surface area contributed by atoms with Crippen LogP contribution in [0.3, 0.4) is 0 Å². The third kappa shape index (κ3) is 1.28. The number of aryl methyl sites for hydroxylation is 1. The zero-order valence-corrected chi connectivity index (χ0v) is 8.17. The van der Waals surface area contributed by atoms with E-state index >= 15 is 0 Å². The van der Waals surface area contributed by atoms with Crippen LogP contribution in [0.1, 0.15) is 0 Å². The maximum Gasteiger partial charge on any atom is 0.356 e. The zero-order valence-electron chi connectivity index (χ0n) is 8.17. The van der Waals surface area contributed by atoms with Crippen LogP contribution in [0, 0.1) is 10.1 Å². The van der Waals surface area contributed by atoms with Crippen molar-refractivity contribution in [2.24, 2.45) is 7.05 Å². The van der Waals surface area contributed by atoms with Crippen LogP contribution >= 0.6 is 0 Å². The minimum absolute atomic E-state index is 0.00361. The largest absolute Gasteiger partial charge is 0.476 e. The van der Waals surface area contributed by atoms with Crippen LogP contribution in [-0.2, 0) is 7.05 Å². The minimum atomic E-state index is -0.518. The molecule has 0 fully saturated rings. The van der Waals surface area contributed by atoms with E-state index in [0.717, 1.165) is 0 Å². The van der Waals surface area contributed by atoms with Gasteiger partial charge >= 0.3 is 5.69 Å². The second-order valence-corrected chi connectivity index (χ2v) is 2.95. The van der Waals surface area contributed by atoms with Gasteiger partial charge in [0.1, 0.15) is 0 Å². The van der Waals surface area contributed by atoms with Crippen LogP contribution in [0.5, 0.6) is 5.88 Å². The van der Waals surface area contributed by atoms with Crippen molar-refractivity contribution >= 4 is 16.6 Å². The summed E-state index contributed by atoms with van der Waals surface area (Å²) in [4.78, 5) is 14.2. The Morgan fingerprint density at radius 2 is 2.27 bits per heavy atom. The van der Waals surface area contributed by atoms with Gasteiger partial charge in [0.15, 0.2) is 5.52 Å². The van der Waals surface area contributed by atoms with Gasteiger partial charge in [-0.3, -0.25) is 14.8 Å². The normalized spacial score (nSPS) is 10.5. The van der Waals surface area contributed by atoms with E-state index in [0.29, 0.717) is 10.9 Å². The van der Waals surface area contributed by atoms with Crippen LogP contribution < -0.4 is 4.74 Å². The van der Waals surface area contributed by atoms with Crippen molar-refractivity contribution in [2.75, 3.05) is 7.11 Å². The average Bonchev–Trinajstić information content (AvgIpc) is 2.59. The maximum absolute atomic E-state index is 10.9. The second-order valence-electron chi connectivity index (χ2n) is 2.95. The number of ether oxygens (including phenoxy) is 1. The molecule has 0 aromatic carbocycles. The molecular weight excluding hydrogens is 200 g/mol. The van der Waals surface area contributed by atoms with E-state index in [1.807, 2.05) is 0 Å². The third-order valence-electron chi connectivity index (χ3n) is 2.09. The Bertz CT molecular complexity index is 534. The fourth-order valence-electron chi connectivity index (χ4n) is 1.44. The molecule has 0 aliphatic rings. The maximum atomic E-state index is 10.9. The fraction of sp³-hybridized carbons (Fsp3) is 0.250. The van der Waals surface area contributed by atoms with E-state index in [1.165, 1.54) is 24.2 Å². The van der Waals surface area contributed by atoms with Crippen LogP contribution in [0.4, 0.5) is 5.69 Å². The van der Waals surface area contributed by atoms with Crippen molar-refractivity contribution < 1.29 is 9.66 Å². The van der Waals surface area contributed by atoms with Crippen LogP contribution in [0.2, 0.25) is 0 Å². The summed E-state index contributed by atoms with van der Waals surface area (Å²) >= 11 is 0. The first kappa shape index (κ1) is 9.38. The summed E-state index contributed by atoms with van der Waals surface area (Å²) in [6, 6.07) is 0. The highest BCUT2D eigenvalue weighted by Crippen LogP contribution is 2.31. The first-order chi connectivity index (χ1) is 7.15. The monoisotopic (exact) mass is 208 g/mol. The third-order valence-corrected chi connectivity index (χ3v) is 2.09. The molecule has 2 rings (SSSR count). The number of hydrogen-bond acceptors (Lipinski definition) is 5. The highest BCUT2D eigenvalue weighted by molar-refractivity contribution is 5.88. The number of pyridine rings is 1. The van der Waals surface area contributed by atoms with Gasteiger partial charge in [-0.25, -0.2) is 4.98 Å². The highest BCUT2D eigenvalue weighted by Gasteiger charge is 2.23. The number of nitro groups is 1. The molecular formula is C8H8N4O3. The predicted molar refractivity (Wildman–Crippen MR) is 51.7 cm³/mol. The Morgan fingerprint density at radius 3 is 2.87 bits per heavy atom. The topological polar surface area (TPSA) is 83.1 Å². The van der Waals surface area contributed by atoms with Gasteiger partial charge in [0.05, 0.1) is 18.2 Å². The quantitative estimate of drug-likeness (QED) is 0.540. The summed E-state index contributed by atoms with van der Waals surface area (Å²) in [5.74, 6) is -0.00361. The highest BCUT2D eigenvalue weighted by atomic mass is 16.6. The summed E-state index contributed by atoms with van der Waals surface area (Å²) < 4.78 is 6.27. The van der Waals surface area contributed by atoms with Crippen LogP contribution in [-0.4, -0.2) is 26.8 Å². The second kappa shape index (κ2) is 3.19. The van der Waals surface area contributed by atoms with Gasteiger partial charge in [-0.1, -0.05) is 0 Å². The molecule has 0 bridgehead atoms. The van der Waals surface area contributed by atoms with E-state index in [9.17, 15) is 10.1 Å². The Kier molecular flexibility index (Phi) is 2.00. The van der Waals surface area contributed by atoms with Crippen molar-refractivity contribution in [1.29, 1.82) is 0 Å². The molecule has 0 unspecified atom stereocenters. The minimum Gasteiger partial charge on any atom is -0.476 e. The van der Waals surface area contributed by atoms with E-state index in [2.05, 4.69) is 10.1 Å².